The van der Waals surface area contributed by atoms with Gasteiger partial charge in [0.1, 0.15) is 0 Å². The van der Waals surface area contributed by atoms with E-state index in [1.807, 2.05) is 7.11 Å². The molecule has 10 atom stereocenters. The van der Waals surface area contributed by atoms with E-state index in [2.05, 4.69) is 6.07 Å². The third kappa shape index (κ3) is 5.26. The highest BCUT2D eigenvalue weighted by Crippen LogP contribution is 2.63. The van der Waals surface area contributed by atoms with Gasteiger partial charge in [0.25, 0.3) is 0 Å². The minimum Gasteiger partial charge on any atom is -0.454 e. The lowest BCUT2D eigenvalue weighted by Crippen LogP contribution is -2.45. The molecule has 43 heavy (non-hydrogen) atoms. The first-order valence-corrected chi connectivity index (χ1v) is 18.3. The van der Waals surface area contributed by atoms with E-state index in [9.17, 15) is 10.2 Å². The highest BCUT2D eigenvalue weighted by Gasteiger charge is 2.63. The van der Waals surface area contributed by atoms with E-state index in [-0.39, 0.29) is 18.3 Å². The standard InChI is InChI=1S/C38H56O5/c1-41-38-13-12-25(33(38)20-38)16-31-30-17-28(29(21-39)15-24(30)10-11-34(31)40)18-32-36-26(14-23-6-3-2-4-7-23)8-5-9-27(36)19-35-37(32)43-22-42-35/h19,23-26,28-31,33-34,39-40H,2-18,20-22H2,1H3. The first-order valence-electron chi connectivity index (χ1n) is 18.3. The topological polar surface area (TPSA) is 68.2 Å². The minimum atomic E-state index is -0.172. The molecule has 1 aromatic rings. The molecule has 0 spiro atoms. The summed E-state index contributed by atoms with van der Waals surface area (Å²) in [5.74, 6) is 7.27. The average molecular weight is 593 g/mol. The molecule has 0 amide bonds. The van der Waals surface area contributed by atoms with Gasteiger partial charge < -0.3 is 24.4 Å². The first kappa shape index (κ1) is 29.1. The zero-order valence-electron chi connectivity index (χ0n) is 26.6. The van der Waals surface area contributed by atoms with Crippen LogP contribution in [0.15, 0.2) is 6.07 Å². The largest absolute Gasteiger partial charge is 0.454 e. The molecule has 0 aromatic heterocycles. The summed E-state index contributed by atoms with van der Waals surface area (Å²) < 4.78 is 18.3. The molecule has 0 bridgehead atoms. The van der Waals surface area contributed by atoms with Crippen LogP contribution in [-0.4, -0.2) is 42.4 Å². The maximum absolute atomic E-state index is 11.4. The van der Waals surface area contributed by atoms with Gasteiger partial charge in [0.15, 0.2) is 11.5 Å². The summed E-state index contributed by atoms with van der Waals surface area (Å²) in [4.78, 5) is 0. The lowest BCUT2D eigenvalue weighted by Gasteiger charge is -2.50. The molecule has 1 heterocycles. The summed E-state index contributed by atoms with van der Waals surface area (Å²) in [7, 11) is 1.90. The van der Waals surface area contributed by atoms with Crippen LogP contribution in [0, 0.1) is 47.3 Å². The third-order valence-corrected chi connectivity index (χ3v) is 14.2. The molecule has 10 unspecified atom stereocenters. The maximum atomic E-state index is 11.4. The average Bonchev–Trinajstić information content (AvgIpc) is 3.37. The van der Waals surface area contributed by atoms with Gasteiger partial charge in [0.2, 0.25) is 6.79 Å². The normalized spacial score (nSPS) is 41.9. The number of ether oxygens (including phenoxy) is 3. The van der Waals surface area contributed by atoms with E-state index in [1.165, 1.54) is 88.2 Å². The van der Waals surface area contributed by atoms with Crippen molar-refractivity contribution >= 4 is 0 Å². The number of hydrogen-bond acceptors (Lipinski definition) is 5. The lowest BCUT2D eigenvalue weighted by molar-refractivity contribution is -0.0584. The second-order valence-electron chi connectivity index (χ2n) is 16.2. The number of methoxy groups -OCH3 is 1. The monoisotopic (exact) mass is 592 g/mol. The van der Waals surface area contributed by atoms with E-state index in [0.717, 1.165) is 55.9 Å². The Bertz CT molecular complexity index is 1160. The summed E-state index contributed by atoms with van der Waals surface area (Å²) in [6, 6.07) is 2.32. The van der Waals surface area contributed by atoms with Crippen LogP contribution >= 0.6 is 0 Å². The van der Waals surface area contributed by atoms with Crippen LogP contribution < -0.4 is 9.47 Å². The number of aliphatic hydroxyl groups is 2. The highest BCUT2D eigenvalue weighted by atomic mass is 16.7. The van der Waals surface area contributed by atoms with Gasteiger partial charge in [-0.2, -0.15) is 0 Å². The van der Waals surface area contributed by atoms with Crippen LogP contribution in [0.2, 0.25) is 0 Å². The Labute approximate surface area is 259 Å². The van der Waals surface area contributed by atoms with Gasteiger partial charge in [0, 0.05) is 19.3 Å². The van der Waals surface area contributed by atoms with Gasteiger partial charge in [-0.05, 0) is 154 Å². The third-order valence-electron chi connectivity index (χ3n) is 14.2. The Morgan fingerprint density at radius 3 is 2.60 bits per heavy atom. The van der Waals surface area contributed by atoms with Crippen molar-refractivity contribution in [3.63, 3.8) is 0 Å². The van der Waals surface area contributed by atoms with Crippen LogP contribution in [0.25, 0.3) is 0 Å². The van der Waals surface area contributed by atoms with E-state index in [0.29, 0.717) is 54.1 Å². The molecular formula is C38H56O5. The van der Waals surface area contributed by atoms with E-state index in [4.69, 9.17) is 14.2 Å². The Morgan fingerprint density at radius 2 is 1.81 bits per heavy atom. The summed E-state index contributed by atoms with van der Waals surface area (Å²) in [6.07, 6.45) is 22.1. The van der Waals surface area contributed by atoms with Crippen LogP contribution in [0.4, 0.5) is 0 Å². The van der Waals surface area contributed by atoms with Gasteiger partial charge in [-0.15, -0.1) is 0 Å². The van der Waals surface area contributed by atoms with Gasteiger partial charge in [0.05, 0.1) is 11.7 Å². The Hall–Kier alpha value is -1.30. The molecule has 1 aromatic carbocycles. The summed E-state index contributed by atoms with van der Waals surface area (Å²) >= 11 is 0. The van der Waals surface area contributed by atoms with Gasteiger partial charge in [-0.1, -0.05) is 32.1 Å². The van der Waals surface area contributed by atoms with Crippen LogP contribution in [-0.2, 0) is 17.6 Å². The first-order chi connectivity index (χ1) is 21.1. The van der Waals surface area contributed by atoms with Crippen molar-refractivity contribution in [2.45, 2.75) is 133 Å². The fourth-order valence-corrected chi connectivity index (χ4v) is 11.9. The quantitative estimate of drug-likeness (QED) is 0.326. The molecule has 0 saturated heterocycles. The number of rotatable bonds is 8. The molecule has 8 rings (SSSR count). The van der Waals surface area contributed by atoms with E-state index in [1.54, 1.807) is 5.56 Å². The van der Waals surface area contributed by atoms with Crippen molar-refractivity contribution < 1.29 is 24.4 Å². The minimum absolute atomic E-state index is 0.170. The molecule has 6 aliphatic carbocycles. The molecule has 238 valence electrons. The van der Waals surface area contributed by atoms with Gasteiger partial charge >= 0.3 is 0 Å². The zero-order chi connectivity index (χ0) is 29.1. The number of hydrogen-bond donors (Lipinski definition) is 2. The smallest absolute Gasteiger partial charge is 0.231 e. The molecule has 5 saturated carbocycles. The van der Waals surface area contributed by atoms with Crippen molar-refractivity contribution in [1.82, 2.24) is 0 Å². The van der Waals surface area contributed by atoms with Crippen molar-refractivity contribution in [3.8, 4) is 11.5 Å². The predicted molar refractivity (Wildman–Crippen MR) is 167 cm³/mol. The van der Waals surface area contributed by atoms with Gasteiger partial charge in [-0.3, -0.25) is 0 Å². The molecule has 7 aliphatic rings. The van der Waals surface area contributed by atoms with Gasteiger partial charge in [-0.25, -0.2) is 0 Å². The molecule has 5 fully saturated rings. The van der Waals surface area contributed by atoms with Crippen molar-refractivity contribution in [1.29, 1.82) is 0 Å². The molecule has 0 radical (unpaired) electrons. The lowest BCUT2D eigenvalue weighted by atomic mass is 9.57. The summed E-state index contributed by atoms with van der Waals surface area (Å²) in [5.41, 5.74) is 4.72. The van der Waals surface area contributed by atoms with E-state index < -0.39 is 0 Å². The zero-order valence-corrected chi connectivity index (χ0v) is 26.6. The highest BCUT2D eigenvalue weighted by molar-refractivity contribution is 5.58. The molecule has 1 aliphatic heterocycles. The second kappa shape index (κ2) is 11.8. The summed E-state index contributed by atoms with van der Waals surface area (Å²) in [5, 5.41) is 22.2. The number of aryl methyl sites for hydroxylation is 1. The molecule has 5 heteroatoms. The summed E-state index contributed by atoms with van der Waals surface area (Å²) in [6.45, 7) is 0.610. The fourth-order valence-electron chi connectivity index (χ4n) is 11.9. The van der Waals surface area contributed by atoms with Crippen LogP contribution in [0.1, 0.15) is 125 Å². The maximum Gasteiger partial charge on any atom is 0.231 e. The Balaban J connectivity index is 1.07. The Kier molecular flexibility index (Phi) is 8.00. The Morgan fingerprint density at radius 1 is 0.930 bits per heavy atom. The number of aliphatic hydroxyl groups excluding tert-OH is 2. The van der Waals surface area contributed by atoms with E-state index >= 15 is 0 Å². The predicted octanol–water partition coefficient (Wildman–Crippen LogP) is 7.58. The SMILES string of the molecule is COC12CCC(CC3C(O)CCC4CC(CO)C(Cc5c6c(cc7c5C(CC5CCCCC5)CCC7)OCO6)CC43)C1C2. The van der Waals surface area contributed by atoms with Crippen molar-refractivity contribution in [2.75, 3.05) is 20.5 Å². The van der Waals surface area contributed by atoms with Crippen LogP contribution in [0.3, 0.4) is 0 Å². The fraction of sp³-hybridized carbons (Fsp3) is 0.842. The number of fused-ring (bicyclic) bond motifs is 4. The molecule has 2 N–H and O–H groups in total. The van der Waals surface area contributed by atoms with Crippen molar-refractivity contribution in [2.24, 2.45) is 47.3 Å². The van der Waals surface area contributed by atoms with Crippen molar-refractivity contribution in [3.05, 3.63) is 22.8 Å². The number of benzene rings is 1. The second-order valence-corrected chi connectivity index (χ2v) is 16.2. The molecule has 5 nitrogen and oxygen atoms in total. The van der Waals surface area contributed by atoms with Crippen LogP contribution in [0.5, 0.6) is 11.5 Å². The molecular weight excluding hydrogens is 536 g/mol.